The molecule has 3 N–H and O–H groups in total. The van der Waals surface area contributed by atoms with E-state index in [0.29, 0.717) is 28.4 Å². The van der Waals surface area contributed by atoms with Gasteiger partial charge in [-0.05, 0) is 38.7 Å². The summed E-state index contributed by atoms with van der Waals surface area (Å²) in [6.45, 7) is 1.88. The second kappa shape index (κ2) is 7.79. The highest BCUT2D eigenvalue weighted by molar-refractivity contribution is 6.58. The van der Waals surface area contributed by atoms with Gasteiger partial charge in [-0.2, -0.15) is 9.97 Å². The van der Waals surface area contributed by atoms with Crippen molar-refractivity contribution in [3.05, 3.63) is 36.7 Å². The molecule has 0 atom stereocenters. The summed E-state index contributed by atoms with van der Waals surface area (Å²) < 4.78 is 22.5. The molecule has 1 aliphatic carbocycles. The second-order valence-corrected chi connectivity index (χ2v) is 10.1. The lowest BCUT2D eigenvalue weighted by Gasteiger charge is -2.33. The van der Waals surface area contributed by atoms with Gasteiger partial charge in [0, 0.05) is 47.3 Å². The molecule has 0 bridgehead atoms. The molecular weight excluding hydrogens is 420 g/mol. The number of aliphatic hydroxyl groups is 1. The molecule has 12 heteroatoms. The van der Waals surface area contributed by atoms with Gasteiger partial charge in [0.25, 0.3) is 0 Å². The molecule has 1 aliphatic rings. The van der Waals surface area contributed by atoms with Crippen LogP contribution in [0.15, 0.2) is 30.9 Å². The number of anilines is 1. The average Bonchev–Trinajstić information content (AvgIpc) is 3.35. The van der Waals surface area contributed by atoms with Crippen LogP contribution in [0, 0.1) is 5.82 Å². The summed E-state index contributed by atoms with van der Waals surface area (Å²) >= 11 is 0. The number of halogens is 1. The van der Waals surface area contributed by atoms with Crippen molar-refractivity contribution in [2.24, 2.45) is 0 Å². The lowest BCUT2D eigenvalue weighted by atomic mass is 9.52. The second-order valence-electron chi connectivity index (χ2n) is 10.1. The molecule has 5 rings (SSSR count). The van der Waals surface area contributed by atoms with Crippen LogP contribution in [-0.2, 0) is 0 Å². The van der Waals surface area contributed by atoms with Crippen LogP contribution in [0.5, 0.6) is 5.88 Å². The zero-order valence-corrected chi connectivity index (χ0v) is 19.3. The zero-order valence-electron chi connectivity index (χ0n) is 19.3. The summed E-state index contributed by atoms with van der Waals surface area (Å²) in [7, 11) is 5.88. The number of nitrogens with one attached hydrogen (secondary N) is 2. The van der Waals surface area contributed by atoms with Gasteiger partial charge >= 0.3 is 0 Å². The molecule has 0 radical (unpaired) electrons. The van der Waals surface area contributed by atoms with Crippen LogP contribution in [0.1, 0.15) is 32.6 Å². The number of ether oxygens (including phenoxy) is 1. The number of H-pyrrole nitrogens is 1. The summed E-state index contributed by atoms with van der Waals surface area (Å²) in [6, 6.07) is 1.64. The van der Waals surface area contributed by atoms with E-state index in [1.165, 1.54) is 6.07 Å². The Morgan fingerprint density at radius 2 is 2.06 bits per heavy atom. The zero-order chi connectivity index (χ0) is 23.4. The molecule has 0 spiro atoms. The highest BCUT2D eigenvalue weighted by Crippen LogP contribution is 2.36. The van der Waals surface area contributed by atoms with Gasteiger partial charge in [0.2, 0.25) is 11.8 Å². The highest BCUT2D eigenvalue weighted by Gasteiger charge is 2.29. The molecule has 8 nitrogen and oxygen atoms in total. The normalized spacial score (nSPS) is 21.5. The highest BCUT2D eigenvalue weighted by atomic mass is 19.1. The summed E-state index contributed by atoms with van der Waals surface area (Å²) in [4.78, 5) is 16.7. The third-order valence-electron chi connectivity index (χ3n) is 6.05. The Labute approximate surface area is 193 Å². The Hall–Kier alpha value is -3.01. The van der Waals surface area contributed by atoms with E-state index in [-0.39, 0.29) is 11.7 Å². The van der Waals surface area contributed by atoms with Crippen LogP contribution < -0.4 is 10.1 Å². The van der Waals surface area contributed by atoms with E-state index in [1.807, 2.05) is 36.7 Å². The fourth-order valence-electron chi connectivity index (χ4n) is 4.36. The number of hydrogen-bond acceptors (Lipinski definition) is 6. The van der Waals surface area contributed by atoms with Crippen molar-refractivity contribution in [1.82, 2.24) is 24.3 Å². The van der Waals surface area contributed by atoms with E-state index >= 15 is 0 Å². The lowest BCUT2D eigenvalue weighted by molar-refractivity contribution is 0.0195. The summed E-state index contributed by atoms with van der Waals surface area (Å²) in [5.74, 6) is 0.496. The molecule has 0 saturated heterocycles. The molecule has 33 heavy (non-hydrogen) atoms. The molecule has 0 aromatic carbocycles. The van der Waals surface area contributed by atoms with Crippen molar-refractivity contribution in [2.75, 3.05) is 5.32 Å². The van der Waals surface area contributed by atoms with Gasteiger partial charge < -0.3 is 24.5 Å². The minimum absolute atomic E-state index is 0.178. The van der Waals surface area contributed by atoms with Crippen LogP contribution in [0.25, 0.3) is 27.8 Å². The largest absolute Gasteiger partial charge is 0.498 e. The first-order valence-electron chi connectivity index (χ1n) is 11.3. The maximum absolute atomic E-state index is 14.6. The number of imidazole rings is 1. The van der Waals surface area contributed by atoms with Crippen LogP contribution in [0.3, 0.4) is 0 Å². The SMILES string of the molecule is BC(B)(B)Oc1nc(N[C@H]2CC[C@](C)(O)CC2)nc2[nH]cc(-c3cc(F)c4nccn4c3)c12. The Balaban J connectivity index is 1.56. The molecule has 168 valence electrons. The fourth-order valence-corrected chi connectivity index (χ4v) is 4.36. The maximum Gasteiger partial charge on any atom is 0.228 e. The maximum atomic E-state index is 14.6. The third-order valence-corrected chi connectivity index (χ3v) is 6.05. The Morgan fingerprint density at radius 1 is 1.30 bits per heavy atom. The predicted octanol–water partition coefficient (Wildman–Crippen LogP) is 0.407. The van der Waals surface area contributed by atoms with Crippen molar-refractivity contribution >= 4 is 46.2 Å². The topological polar surface area (TPSA) is 100 Å². The first-order valence-corrected chi connectivity index (χ1v) is 11.3. The van der Waals surface area contributed by atoms with E-state index in [0.717, 1.165) is 31.2 Å². The number of pyridine rings is 1. The van der Waals surface area contributed by atoms with Crippen LogP contribution >= 0.6 is 0 Å². The minimum atomic E-state index is -0.608. The Kier molecular flexibility index (Phi) is 5.15. The van der Waals surface area contributed by atoms with Crippen molar-refractivity contribution in [2.45, 2.75) is 49.5 Å². The Bertz CT molecular complexity index is 1320. The average molecular weight is 446 g/mol. The summed E-state index contributed by atoms with van der Waals surface area (Å²) in [5.41, 5.74) is 1.69. The molecule has 4 heterocycles. The van der Waals surface area contributed by atoms with E-state index in [4.69, 9.17) is 9.72 Å². The summed E-state index contributed by atoms with van der Waals surface area (Å²) in [6.07, 6.45) is 10.0. The van der Waals surface area contributed by atoms with Gasteiger partial charge in [-0.3, -0.25) is 0 Å². The molecule has 0 amide bonds. The van der Waals surface area contributed by atoms with Gasteiger partial charge in [-0.1, -0.05) is 0 Å². The van der Waals surface area contributed by atoms with Crippen molar-refractivity contribution < 1.29 is 14.2 Å². The predicted molar refractivity (Wildman–Crippen MR) is 134 cm³/mol. The van der Waals surface area contributed by atoms with Gasteiger partial charge in [-0.15, -0.1) is 0 Å². The molecule has 1 saturated carbocycles. The molecule has 0 aliphatic heterocycles. The van der Waals surface area contributed by atoms with E-state index in [9.17, 15) is 9.50 Å². The third kappa shape index (κ3) is 4.44. The first kappa shape index (κ1) is 21.8. The van der Waals surface area contributed by atoms with Crippen molar-refractivity contribution in [3.8, 4) is 17.0 Å². The van der Waals surface area contributed by atoms with Crippen molar-refractivity contribution in [1.29, 1.82) is 0 Å². The van der Waals surface area contributed by atoms with E-state index in [1.54, 1.807) is 23.0 Å². The smallest absolute Gasteiger partial charge is 0.228 e. The Morgan fingerprint density at radius 3 is 2.79 bits per heavy atom. The van der Waals surface area contributed by atoms with Gasteiger partial charge in [-0.25, -0.2) is 9.37 Å². The number of fused-ring (bicyclic) bond motifs is 2. The van der Waals surface area contributed by atoms with Gasteiger partial charge in [0.05, 0.1) is 11.0 Å². The lowest BCUT2D eigenvalue weighted by Crippen LogP contribution is -2.38. The number of aromatic nitrogens is 5. The monoisotopic (exact) mass is 446 g/mol. The van der Waals surface area contributed by atoms with E-state index in [2.05, 4.69) is 20.3 Å². The van der Waals surface area contributed by atoms with Crippen LogP contribution in [-0.4, -0.2) is 69.9 Å². The standard InChI is InChI=1S/C21H26B3FN6O2/c1-20(32)4-2-12(3-5-20)28-19-29-16-15(18(30-19)33-21(22,23)24)13(9-27-16)11-8-14(25)17-26-6-7-31(17)10-11/h6-10,12,32H,2-5,22-24H2,1H3,(H2,27,28,29,30)/t12-,20-. The van der Waals surface area contributed by atoms with Gasteiger partial charge in [0.15, 0.2) is 11.5 Å². The fraction of sp³-hybridized carbons (Fsp3) is 0.381. The minimum Gasteiger partial charge on any atom is -0.498 e. The van der Waals surface area contributed by atoms with Crippen molar-refractivity contribution in [3.63, 3.8) is 0 Å². The number of nitrogens with zero attached hydrogens (tertiary/aromatic N) is 4. The molecular formula is C21H26B3FN6O2. The van der Waals surface area contributed by atoms with E-state index < -0.39 is 16.7 Å². The molecule has 1 fully saturated rings. The quantitative estimate of drug-likeness (QED) is 0.385. The van der Waals surface area contributed by atoms with Gasteiger partial charge in [0.1, 0.15) is 29.2 Å². The van der Waals surface area contributed by atoms with Crippen LogP contribution in [0.4, 0.5) is 10.3 Å². The number of hydrogen-bond donors (Lipinski definition) is 3. The summed E-state index contributed by atoms with van der Waals surface area (Å²) in [5, 5.41) is 13.9. The first-order chi connectivity index (χ1) is 15.6. The molecule has 0 unspecified atom stereocenters. The molecule has 4 aromatic heterocycles. The number of rotatable bonds is 5. The van der Waals surface area contributed by atoms with Crippen LogP contribution in [0.2, 0.25) is 0 Å². The molecule has 4 aromatic rings. The number of aromatic amines is 1.